The van der Waals surface area contributed by atoms with Crippen LogP contribution in [-0.4, -0.2) is 55.5 Å². The minimum absolute atomic E-state index is 0.227. The van der Waals surface area contributed by atoms with Crippen molar-refractivity contribution in [2.24, 2.45) is 0 Å². The number of nitrogens with one attached hydrogen (secondary N) is 2. The van der Waals surface area contributed by atoms with Gasteiger partial charge in [0.15, 0.2) is 0 Å². The first-order valence-electron chi connectivity index (χ1n) is 10.5. The topological polar surface area (TPSA) is 94.5 Å². The summed E-state index contributed by atoms with van der Waals surface area (Å²) in [4.78, 5) is 28.6. The van der Waals surface area contributed by atoms with Crippen LogP contribution in [-0.2, 0) is 16.0 Å². The molecule has 8 nitrogen and oxygen atoms in total. The van der Waals surface area contributed by atoms with E-state index in [0.717, 1.165) is 32.6 Å². The number of rotatable bonds is 7. The molecule has 0 fully saturated rings. The molecule has 2 aromatic heterocycles. The van der Waals surface area contributed by atoms with E-state index in [4.69, 9.17) is 14.5 Å². The molecule has 0 aliphatic carbocycles. The summed E-state index contributed by atoms with van der Waals surface area (Å²) in [6.45, 7) is 4.07. The Morgan fingerprint density at radius 2 is 1.91 bits per heavy atom. The molecule has 0 unspecified atom stereocenters. The summed E-state index contributed by atoms with van der Waals surface area (Å²) in [6.07, 6.45) is 3.96. The van der Waals surface area contributed by atoms with Crippen LogP contribution < -0.4 is 10.6 Å². The number of para-hydroxylation sites is 1. The van der Waals surface area contributed by atoms with Crippen molar-refractivity contribution >= 4 is 44.6 Å². The van der Waals surface area contributed by atoms with Crippen molar-refractivity contribution in [2.75, 3.05) is 33.9 Å². The summed E-state index contributed by atoms with van der Waals surface area (Å²) in [5.41, 5.74) is 3.09. The summed E-state index contributed by atoms with van der Waals surface area (Å²) in [5, 5.41) is 8.96. The highest BCUT2D eigenvalue weighted by Gasteiger charge is 2.22. The van der Waals surface area contributed by atoms with E-state index in [1.165, 1.54) is 7.11 Å². The number of hydrogen-bond donors (Lipinski definition) is 2. The van der Waals surface area contributed by atoms with Crippen molar-refractivity contribution in [3.05, 3.63) is 53.9 Å². The second kappa shape index (κ2) is 9.23. The van der Waals surface area contributed by atoms with Gasteiger partial charge in [0.05, 0.1) is 36.9 Å². The number of esters is 1. The van der Waals surface area contributed by atoms with Crippen LogP contribution >= 0.6 is 0 Å². The molecule has 0 aliphatic rings. The lowest BCUT2D eigenvalue weighted by Crippen LogP contribution is -2.35. The van der Waals surface area contributed by atoms with Crippen LogP contribution in [0.15, 0.2) is 42.7 Å². The summed E-state index contributed by atoms with van der Waals surface area (Å²) >= 11 is 0. The third-order valence-corrected chi connectivity index (χ3v) is 5.59. The second-order valence-electron chi connectivity index (χ2n) is 7.47. The lowest BCUT2D eigenvalue weighted by atomic mass is 9.96. The van der Waals surface area contributed by atoms with E-state index >= 15 is 0 Å². The summed E-state index contributed by atoms with van der Waals surface area (Å²) < 4.78 is 12.8. The van der Waals surface area contributed by atoms with Gasteiger partial charge in [-0.05, 0) is 24.6 Å². The molecule has 4 aromatic rings. The fraction of sp³-hybridized carbons (Fsp3) is 0.292. The molecule has 0 bridgehead atoms. The van der Waals surface area contributed by atoms with E-state index in [-0.39, 0.29) is 6.03 Å². The molecule has 0 aliphatic heterocycles. The highest BCUT2D eigenvalue weighted by atomic mass is 16.5. The van der Waals surface area contributed by atoms with Crippen LogP contribution in [0, 0.1) is 6.92 Å². The number of pyridine rings is 1. The van der Waals surface area contributed by atoms with E-state index in [1.54, 1.807) is 7.05 Å². The summed E-state index contributed by atoms with van der Waals surface area (Å²) in [5.74, 6) is -0.396. The van der Waals surface area contributed by atoms with Gasteiger partial charge in [-0.25, -0.2) is 14.6 Å². The number of urea groups is 1. The van der Waals surface area contributed by atoms with Crippen molar-refractivity contribution in [1.82, 2.24) is 20.2 Å². The van der Waals surface area contributed by atoms with Crippen molar-refractivity contribution in [3.8, 4) is 0 Å². The van der Waals surface area contributed by atoms with Crippen LogP contribution in [0.3, 0.4) is 0 Å². The minimum Gasteiger partial charge on any atom is -0.465 e. The molecule has 0 atom stereocenters. The van der Waals surface area contributed by atoms with Crippen LogP contribution in [0.25, 0.3) is 32.6 Å². The maximum atomic E-state index is 12.7. The molecule has 8 heteroatoms. The zero-order valence-corrected chi connectivity index (χ0v) is 18.4. The Morgan fingerprint density at radius 1 is 1.09 bits per heavy atom. The molecule has 0 saturated heterocycles. The molecular weight excluding hydrogens is 408 g/mol. The lowest BCUT2D eigenvalue weighted by Gasteiger charge is -2.14. The summed E-state index contributed by atoms with van der Waals surface area (Å²) in [6, 6.07) is 9.61. The number of fused-ring (bicyclic) bond motifs is 4. The first-order valence-corrected chi connectivity index (χ1v) is 10.5. The Labute approximate surface area is 185 Å². The highest BCUT2D eigenvalue weighted by molar-refractivity contribution is 6.23. The minimum atomic E-state index is -0.396. The van der Waals surface area contributed by atoms with Crippen molar-refractivity contribution < 1.29 is 19.1 Å². The van der Waals surface area contributed by atoms with Crippen LogP contribution in [0.5, 0.6) is 0 Å². The number of benzene rings is 2. The Kier molecular flexibility index (Phi) is 6.23. The van der Waals surface area contributed by atoms with Gasteiger partial charge < -0.3 is 24.7 Å². The Morgan fingerprint density at radius 3 is 2.69 bits per heavy atom. The Bertz CT molecular complexity index is 1310. The Hall–Kier alpha value is -3.65. The van der Waals surface area contributed by atoms with Crippen molar-refractivity contribution in [2.45, 2.75) is 13.5 Å². The largest absolute Gasteiger partial charge is 0.465 e. The number of methoxy groups -OCH3 is 1. The quantitative estimate of drug-likeness (QED) is 0.344. The molecule has 166 valence electrons. The van der Waals surface area contributed by atoms with Gasteiger partial charge in [-0.3, -0.25) is 0 Å². The SMILES string of the molecule is CNC(=O)NCCOCCn1ccc2c(C(=O)OC)c3nc4ccccc4c3c(C)c2c1. The molecule has 4 rings (SSSR count). The lowest BCUT2D eigenvalue weighted by molar-refractivity contribution is 0.0605. The smallest absolute Gasteiger partial charge is 0.340 e. The third-order valence-electron chi connectivity index (χ3n) is 5.59. The van der Waals surface area contributed by atoms with E-state index in [2.05, 4.69) is 17.6 Å². The first-order chi connectivity index (χ1) is 15.5. The zero-order chi connectivity index (χ0) is 22.7. The molecule has 0 radical (unpaired) electrons. The molecule has 0 spiro atoms. The number of carbonyl (C=O) groups excluding carboxylic acids is 2. The number of aromatic nitrogens is 2. The second-order valence-corrected chi connectivity index (χ2v) is 7.47. The zero-order valence-electron chi connectivity index (χ0n) is 18.4. The van der Waals surface area contributed by atoms with Crippen LogP contribution in [0.4, 0.5) is 4.79 Å². The number of amides is 2. The molecule has 2 heterocycles. The number of ether oxygens (including phenoxy) is 2. The van der Waals surface area contributed by atoms with E-state index in [1.807, 2.05) is 47.3 Å². The molecule has 2 amide bonds. The molecule has 0 saturated carbocycles. The van der Waals surface area contributed by atoms with Gasteiger partial charge in [-0.1, -0.05) is 18.2 Å². The maximum Gasteiger partial charge on any atom is 0.340 e. The monoisotopic (exact) mass is 434 g/mol. The average Bonchev–Trinajstić information content (AvgIpc) is 3.20. The number of aryl methyl sites for hydroxylation is 1. The van der Waals surface area contributed by atoms with Gasteiger partial charge in [0.25, 0.3) is 0 Å². The maximum absolute atomic E-state index is 12.7. The van der Waals surface area contributed by atoms with E-state index < -0.39 is 5.97 Å². The van der Waals surface area contributed by atoms with Crippen molar-refractivity contribution in [1.29, 1.82) is 0 Å². The predicted molar refractivity (Wildman–Crippen MR) is 124 cm³/mol. The van der Waals surface area contributed by atoms with Gasteiger partial charge in [0, 0.05) is 54.1 Å². The molecule has 2 aromatic carbocycles. The standard InChI is InChI=1S/C24H26N4O4/c1-15-18-14-28(11-13-32-12-9-26-24(30)25-2)10-8-16(18)21(23(29)31-3)22-20(15)17-6-4-5-7-19(17)27-22/h4-8,10,14H,9,11-13H2,1-3H3,(H2,25,26,30). The van der Waals surface area contributed by atoms with Crippen LogP contribution in [0.1, 0.15) is 15.9 Å². The van der Waals surface area contributed by atoms with Gasteiger partial charge in [-0.15, -0.1) is 0 Å². The fourth-order valence-corrected chi connectivity index (χ4v) is 4.01. The average molecular weight is 434 g/mol. The van der Waals surface area contributed by atoms with Gasteiger partial charge >= 0.3 is 12.0 Å². The van der Waals surface area contributed by atoms with E-state index in [9.17, 15) is 9.59 Å². The number of nitrogens with zero attached hydrogens (tertiary/aromatic N) is 2. The normalized spacial score (nSPS) is 11.2. The van der Waals surface area contributed by atoms with Gasteiger partial charge in [0.1, 0.15) is 0 Å². The molecular formula is C24H26N4O4. The van der Waals surface area contributed by atoms with Crippen LogP contribution in [0.2, 0.25) is 0 Å². The molecule has 2 N–H and O–H groups in total. The van der Waals surface area contributed by atoms with E-state index in [0.29, 0.717) is 37.4 Å². The highest BCUT2D eigenvalue weighted by Crippen LogP contribution is 2.37. The Balaban J connectivity index is 1.67. The first kappa shape index (κ1) is 21.6. The predicted octanol–water partition coefficient (Wildman–Crippen LogP) is 3.38. The number of hydrogen-bond acceptors (Lipinski definition) is 5. The van der Waals surface area contributed by atoms with Crippen molar-refractivity contribution in [3.63, 3.8) is 0 Å². The third kappa shape index (κ3) is 3.97. The van der Waals surface area contributed by atoms with Gasteiger partial charge in [0.2, 0.25) is 0 Å². The van der Waals surface area contributed by atoms with Gasteiger partial charge in [-0.2, -0.15) is 0 Å². The number of carbonyl (C=O) groups is 2. The molecule has 32 heavy (non-hydrogen) atoms. The fourth-order valence-electron chi connectivity index (χ4n) is 4.01. The summed E-state index contributed by atoms with van der Waals surface area (Å²) in [7, 11) is 2.96.